The fraction of sp³-hybridized carbons (Fsp3) is 0.375. The lowest BCUT2D eigenvalue weighted by atomic mass is 9.94. The smallest absolute Gasteiger partial charge is 0.203 e. The summed E-state index contributed by atoms with van der Waals surface area (Å²) in [5.41, 5.74) is 2.37. The van der Waals surface area contributed by atoms with Gasteiger partial charge in [0.2, 0.25) is 5.75 Å². The summed E-state index contributed by atoms with van der Waals surface area (Å²) < 4.78 is 16.8. The first kappa shape index (κ1) is 20.4. The fourth-order valence-corrected chi connectivity index (χ4v) is 4.27. The van der Waals surface area contributed by atoms with Crippen molar-refractivity contribution in [3.8, 4) is 17.2 Å². The molecule has 1 saturated heterocycles. The predicted octanol–water partition coefficient (Wildman–Crippen LogP) is 3.65. The van der Waals surface area contributed by atoms with Crippen molar-refractivity contribution in [2.75, 3.05) is 47.5 Å². The highest BCUT2D eigenvalue weighted by Gasteiger charge is 2.26. The normalized spacial score (nSPS) is 16.1. The maximum absolute atomic E-state index is 5.64. The summed E-state index contributed by atoms with van der Waals surface area (Å²) in [6, 6.07) is 12.9. The molecule has 0 radical (unpaired) electrons. The van der Waals surface area contributed by atoms with Gasteiger partial charge >= 0.3 is 0 Å². The molecule has 4 rings (SSSR count). The summed E-state index contributed by atoms with van der Waals surface area (Å²) in [5, 5.41) is 5.84. The van der Waals surface area contributed by atoms with Gasteiger partial charge in [0.25, 0.3) is 0 Å². The molecule has 3 aromatic rings. The molecule has 0 spiro atoms. The monoisotopic (exact) mass is 407 g/mol. The van der Waals surface area contributed by atoms with Gasteiger partial charge < -0.3 is 19.5 Å². The molecule has 6 heteroatoms. The predicted molar refractivity (Wildman–Crippen MR) is 119 cm³/mol. The van der Waals surface area contributed by atoms with Crippen LogP contribution in [0.1, 0.15) is 23.6 Å². The highest BCUT2D eigenvalue weighted by molar-refractivity contribution is 5.82. The number of methoxy groups -OCH3 is 3. The number of aromatic nitrogens is 1. The van der Waals surface area contributed by atoms with Crippen molar-refractivity contribution in [3.63, 3.8) is 0 Å². The standard InChI is InChI=1S/C24H29N3O3/c1-28-21-14-20(15-22(29-2)24(21)30-3)23(27-11-4-8-25-10-12-27)18-5-6-19-16-26-9-7-17(19)13-18/h5-7,9,13-16,23,25H,4,8,10-12H2,1-3H3. The Kier molecular flexibility index (Phi) is 6.35. The van der Waals surface area contributed by atoms with Crippen LogP contribution in [-0.2, 0) is 0 Å². The van der Waals surface area contributed by atoms with E-state index >= 15 is 0 Å². The Morgan fingerprint density at radius 1 is 0.867 bits per heavy atom. The molecule has 1 aliphatic heterocycles. The van der Waals surface area contributed by atoms with Crippen molar-refractivity contribution < 1.29 is 14.2 Å². The number of benzene rings is 2. The second-order valence-electron chi connectivity index (χ2n) is 7.48. The quantitative estimate of drug-likeness (QED) is 0.673. The molecule has 1 fully saturated rings. The van der Waals surface area contributed by atoms with Gasteiger partial charge in [-0.1, -0.05) is 12.1 Å². The largest absolute Gasteiger partial charge is 0.493 e. The minimum Gasteiger partial charge on any atom is -0.493 e. The lowest BCUT2D eigenvalue weighted by molar-refractivity contribution is 0.239. The molecule has 1 unspecified atom stereocenters. The molecule has 30 heavy (non-hydrogen) atoms. The number of fused-ring (bicyclic) bond motifs is 1. The molecular weight excluding hydrogens is 378 g/mol. The van der Waals surface area contributed by atoms with E-state index in [9.17, 15) is 0 Å². The minimum absolute atomic E-state index is 0.0798. The summed E-state index contributed by atoms with van der Waals surface area (Å²) in [6.07, 6.45) is 4.86. The zero-order valence-electron chi connectivity index (χ0n) is 17.9. The molecule has 0 aliphatic carbocycles. The summed E-state index contributed by atoms with van der Waals surface area (Å²) in [5.74, 6) is 1.97. The summed E-state index contributed by atoms with van der Waals surface area (Å²) in [4.78, 5) is 6.78. The Morgan fingerprint density at radius 2 is 1.67 bits per heavy atom. The Hall–Kier alpha value is -2.83. The van der Waals surface area contributed by atoms with Crippen LogP contribution in [0, 0.1) is 0 Å². The van der Waals surface area contributed by atoms with E-state index in [0.29, 0.717) is 17.2 Å². The van der Waals surface area contributed by atoms with E-state index in [1.807, 2.05) is 12.4 Å². The van der Waals surface area contributed by atoms with E-state index in [4.69, 9.17) is 14.2 Å². The number of nitrogens with one attached hydrogen (secondary N) is 1. The van der Waals surface area contributed by atoms with Crippen LogP contribution in [0.2, 0.25) is 0 Å². The average molecular weight is 408 g/mol. The topological polar surface area (TPSA) is 55.9 Å². The van der Waals surface area contributed by atoms with E-state index in [1.54, 1.807) is 21.3 Å². The molecule has 1 N–H and O–H groups in total. The third kappa shape index (κ3) is 4.06. The fourth-order valence-electron chi connectivity index (χ4n) is 4.27. The molecule has 1 aliphatic rings. The van der Waals surface area contributed by atoms with Gasteiger partial charge in [-0.25, -0.2) is 0 Å². The Morgan fingerprint density at radius 3 is 2.40 bits per heavy atom. The van der Waals surface area contributed by atoms with Gasteiger partial charge in [0.1, 0.15) is 0 Å². The third-order valence-electron chi connectivity index (χ3n) is 5.72. The second-order valence-corrected chi connectivity index (χ2v) is 7.48. The molecular formula is C24H29N3O3. The number of rotatable bonds is 6. The lowest BCUT2D eigenvalue weighted by Crippen LogP contribution is -2.33. The zero-order chi connectivity index (χ0) is 20.9. The second kappa shape index (κ2) is 9.32. The lowest BCUT2D eigenvalue weighted by Gasteiger charge is -2.32. The van der Waals surface area contributed by atoms with Crippen molar-refractivity contribution in [2.45, 2.75) is 12.5 Å². The van der Waals surface area contributed by atoms with Gasteiger partial charge in [-0.15, -0.1) is 0 Å². The van der Waals surface area contributed by atoms with Crippen LogP contribution >= 0.6 is 0 Å². The number of pyridine rings is 1. The third-order valence-corrected chi connectivity index (χ3v) is 5.72. The van der Waals surface area contributed by atoms with E-state index in [1.165, 1.54) is 10.9 Å². The molecule has 0 bridgehead atoms. The number of ether oxygens (including phenoxy) is 3. The minimum atomic E-state index is 0.0798. The van der Waals surface area contributed by atoms with E-state index < -0.39 is 0 Å². The van der Waals surface area contributed by atoms with Crippen molar-refractivity contribution in [1.29, 1.82) is 0 Å². The maximum atomic E-state index is 5.64. The molecule has 0 saturated carbocycles. The van der Waals surface area contributed by atoms with Crippen LogP contribution in [0.25, 0.3) is 10.8 Å². The van der Waals surface area contributed by atoms with Gasteiger partial charge in [0, 0.05) is 37.4 Å². The van der Waals surface area contributed by atoms with Crippen molar-refractivity contribution >= 4 is 10.8 Å². The van der Waals surface area contributed by atoms with Gasteiger partial charge in [-0.05, 0) is 53.7 Å². The van der Waals surface area contributed by atoms with Gasteiger partial charge in [-0.3, -0.25) is 9.88 Å². The van der Waals surface area contributed by atoms with Crippen LogP contribution in [-0.4, -0.2) is 57.4 Å². The summed E-state index contributed by atoms with van der Waals surface area (Å²) in [6.45, 7) is 4.00. The molecule has 0 amide bonds. The summed E-state index contributed by atoms with van der Waals surface area (Å²) >= 11 is 0. The van der Waals surface area contributed by atoms with Gasteiger partial charge in [0.05, 0.1) is 27.4 Å². The van der Waals surface area contributed by atoms with E-state index in [2.05, 4.69) is 51.6 Å². The number of nitrogens with zero attached hydrogens (tertiary/aromatic N) is 2. The van der Waals surface area contributed by atoms with Crippen LogP contribution in [0.4, 0.5) is 0 Å². The Balaban J connectivity index is 1.86. The van der Waals surface area contributed by atoms with Crippen LogP contribution in [0.5, 0.6) is 17.2 Å². The molecule has 2 aromatic carbocycles. The van der Waals surface area contributed by atoms with Gasteiger partial charge in [0.15, 0.2) is 11.5 Å². The molecule has 158 valence electrons. The molecule has 1 atom stereocenters. The van der Waals surface area contributed by atoms with Crippen molar-refractivity contribution in [3.05, 3.63) is 59.9 Å². The SMILES string of the molecule is COc1cc(C(c2ccc3cnccc3c2)N2CCCNCC2)cc(OC)c1OC. The van der Waals surface area contributed by atoms with E-state index in [-0.39, 0.29) is 6.04 Å². The van der Waals surface area contributed by atoms with Crippen LogP contribution < -0.4 is 19.5 Å². The van der Waals surface area contributed by atoms with Crippen LogP contribution in [0.3, 0.4) is 0 Å². The van der Waals surface area contributed by atoms with Crippen molar-refractivity contribution in [2.24, 2.45) is 0 Å². The zero-order valence-corrected chi connectivity index (χ0v) is 17.9. The average Bonchev–Trinajstić information content (AvgIpc) is 3.07. The van der Waals surface area contributed by atoms with Crippen molar-refractivity contribution in [1.82, 2.24) is 15.2 Å². The number of hydrogen-bond acceptors (Lipinski definition) is 6. The van der Waals surface area contributed by atoms with Gasteiger partial charge in [-0.2, -0.15) is 0 Å². The first-order valence-corrected chi connectivity index (χ1v) is 10.3. The van der Waals surface area contributed by atoms with E-state index in [0.717, 1.165) is 43.5 Å². The first-order valence-electron chi connectivity index (χ1n) is 10.3. The Labute approximate surface area is 177 Å². The first-order chi connectivity index (χ1) is 14.7. The summed E-state index contributed by atoms with van der Waals surface area (Å²) in [7, 11) is 4.96. The highest BCUT2D eigenvalue weighted by atomic mass is 16.5. The van der Waals surface area contributed by atoms with Crippen LogP contribution in [0.15, 0.2) is 48.8 Å². The maximum Gasteiger partial charge on any atom is 0.203 e. The number of hydrogen-bond donors (Lipinski definition) is 1. The Bertz CT molecular complexity index is 975. The molecule has 1 aromatic heterocycles. The molecule has 2 heterocycles. The molecule has 6 nitrogen and oxygen atoms in total. The highest BCUT2D eigenvalue weighted by Crippen LogP contribution is 2.42.